The molecule has 2 heteroatoms. The van der Waals surface area contributed by atoms with Crippen molar-refractivity contribution in [3.63, 3.8) is 0 Å². The van der Waals surface area contributed by atoms with Crippen LogP contribution in [0.25, 0.3) is 0 Å². The molecule has 0 bridgehead atoms. The molecule has 0 saturated heterocycles. The van der Waals surface area contributed by atoms with Crippen molar-refractivity contribution in [2.45, 2.75) is 47.0 Å². The third-order valence-electron chi connectivity index (χ3n) is 3.10. The van der Waals surface area contributed by atoms with E-state index in [9.17, 15) is 4.79 Å². The topological polar surface area (TPSA) is 26.3 Å². The zero-order valence-electron chi connectivity index (χ0n) is 11.1. The van der Waals surface area contributed by atoms with E-state index in [2.05, 4.69) is 32.1 Å². The van der Waals surface area contributed by atoms with Gasteiger partial charge >= 0.3 is 5.97 Å². The third-order valence-corrected chi connectivity index (χ3v) is 3.10. The highest BCUT2D eigenvalue weighted by Gasteiger charge is 2.30. The summed E-state index contributed by atoms with van der Waals surface area (Å²) in [6.45, 7) is 16.4. The summed E-state index contributed by atoms with van der Waals surface area (Å²) in [5.74, 6) is 0.263. The van der Waals surface area contributed by atoms with Gasteiger partial charge < -0.3 is 4.74 Å². The van der Waals surface area contributed by atoms with Crippen LogP contribution in [-0.2, 0) is 9.53 Å². The Morgan fingerprint density at radius 3 is 2.38 bits per heavy atom. The van der Waals surface area contributed by atoms with Crippen LogP contribution in [0.5, 0.6) is 0 Å². The fourth-order valence-corrected chi connectivity index (χ4v) is 1.88. The summed E-state index contributed by atoms with van der Waals surface area (Å²) < 4.78 is 4.40. The quantitative estimate of drug-likeness (QED) is 0.501. The van der Waals surface area contributed by atoms with Crippen molar-refractivity contribution in [3.05, 3.63) is 19.1 Å². The van der Waals surface area contributed by atoms with Gasteiger partial charge in [-0.2, -0.15) is 0 Å². The Kier molecular flexibility index (Phi) is 6.39. The van der Waals surface area contributed by atoms with E-state index in [4.69, 9.17) is 0 Å². The molecule has 0 aromatic carbocycles. The number of hydrogen-bond acceptors (Lipinski definition) is 2. The lowest BCUT2D eigenvalue weighted by molar-refractivity contribution is -0.140. The van der Waals surface area contributed by atoms with E-state index >= 15 is 0 Å². The Balaban J connectivity index is 0.000000325. The van der Waals surface area contributed by atoms with E-state index in [1.54, 1.807) is 6.92 Å². The first-order valence-corrected chi connectivity index (χ1v) is 5.95. The number of rotatable bonds is 1. The van der Waals surface area contributed by atoms with Gasteiger partial charge in [0.05, 0.1) is 6.61 Å². The summed E-state index contributed by atoms with van der Waals surface area (Å²) in [6.07, 6.45) is 3.80. The van der Waals surface area contributed by atoms with Crippen LogP contribution in [0.2, 0.25) is 0 Å². The van der Waals surface area contributed by atoms with Crippen molar-refractivity contribution in [2.24, 2.45) is 11.3 Å². The molecular formula is C14H25O2. The van der Waals surface area contributed by atoms with Crippen LogP contribution in [0.3, 0.4) is 0 Å². The Morgan fingerprint density at radius 1 is 1.56 bits per heavy atom. The molecule has 2 nitrogen and oxygen atoms in total. The fraction of sp³-hybridized carbons (Fsp3) is 0.714. The largest absolute Gasteiger partial charge is 0.466 e. The molecule has 0 aliphatic heterocycles. The lowest BCUT2D eigenvalue weighted by Crippen LogP contribution is -2.27. The first kappa shape index (κ1) is 15.2. The number of allylic oxidation sites excluding steroid dienone is 1. The van der Waals surface area contributed by atoms with Crippen LogP contribution in [0.15, 0.2) is 12.2 Å². The highest BCUT2D eigenvalue weighted by molar-refractivity contribution is 5.65. The van der Waals surface area contributed by atoms with Gasteiger partial charge in [-0.05, 0) is 44.4 Å². The van der Waals surface area contributed by atoms with Crippen molar-refractivity contribution in [1.29, 1.82) is 0 Å². The van der Waals surface area contributed by atoms with Gasteiger partial charge in [0.15, 0.2) is 0 Å². The molecule has 1 rings (SSSR count). The summed E-state index contributed by atoms with van der Waals surface area (Å²) in [4.78, 5) is 9.82. The van der Waals surface area contributed by atoms with Crippen molar-refractivity contribution in [3.8, 4) is 0 Å². The smallest absolute Gasteiger partial charge is 0.302 e. The Bertz CT molecular complexity index is 241. The number of carbonyl (C=O) groups is 1. The molecule has 0 amide bonds. The van der Waals surface area contributed by atoms with Crippen LogP contribution in [0.4, 0.5) is 0 Å². The van der Waals surface area contributed by atoms with Crippen LogP contribution in [0, 0.1) is 18.3 Å². The molecule has 0 N–H and O–H groups in total. The second-order valence-corrected chi connectivity index (χ2v) is 4.98. The monoisotopic (exact) mass is 225 g/mol. The highest BCUT2D eigenvalue weighted by atomic mass is 16.5. The average Bonchev–Trinajstić information content (AvgIpc) is 2.15. The third kappa shape index (κ3) is 5.34. The van der Waals surface area contributed by atoms with E-state index in [0.717, 1.165) is 0 Å². The Labute approximate surface area is 100 Å². The predicted molar refractivity (Wildman–Crippen MR) is 67.9 cm³/mol. The van der Waals surface area contributed by atoms with Crippen LogP contribution >= 0.6 is 0 Å². The van der Waals surface area contributed by atoms with Gasteiger partial charge in [0, 0.05) is 6.92 Å². The lowest BCUT2D eigenvalue weighted by atomic mass is 9.68. The molecule has 0 heterocycles. The van der Waals surface area contributed by atoms with Crippen molar-refractivity contribution >= 4 is 5.97 Å². The van der Waals surface area contributed by atoms with E-state index in [0.29, 0.717) is 17.9 Å². The number of ether oxygens (including phenoxy) is 1. The van der Waals surface area contributed by atoms with Crippen LogP contribution in [0.1, 0.15) is 47.0 Å². The summed E-state index contributed by atoms with van der Waals surface area (Å²) >= 11 is 0. The maximum atomic E-state index is 9.82. The molecule has 16 heavy (non-hydrogen) atoms. The maximum Gasteiger partial charge on any atom is 0.302 e. The minimum atomic E-state index is -0.211. The van der Waals surface area contributed by atoms with Crippen LogP contribution in [-0.4, -0.2) is 12.6 Å². The van der Waals surface area contributed by atoms with Gasteiger partial charge in [-0.15, -0.1) is 0 Å². The maximum absolute atomic E-state index is 9.82. The first-order chi connectivity index (χ1) is 7.31. The summed E-state index contributed by atoms with van der Waals surface area (Å²) in [6, 6.07) is 0. The van der Waals surface area contributed by atoms with Gasteiger partial charge in [-0.1, -0.05) is 26.0 Å². The standard InChI is InChI=1S/C10H17.C4H8O2/c1-8-6-5-7-10(3,4)9(8)2;1-3-6-4(2)5/h9H,1-2,5-7H2,3-4H3;3H2,1-2H3. The molecule has 1 unspecified atom stereocenters. The first-order valence-electron chi connectivity index (χ1n) is 5.95. The second-order valence-electron chi connectivity index (χ2n) is 4.98. The van der Waals surface area contributed by atoms with E-state index in [-0.39, 0.29) is 5.97 Å². The van der Waals surface area contributed by atoms with Crippen molar-refractivity contribution in [1.82, 2.24) is 0 Å². The number of esters is 1. The SMILES string of the molecule is CCOC(C)=O.[CH2]C1C(=C)CCCC1(C)C. The Hall–Kier alpha value is -0.790. The molecule has 1 saturated carbocycles. The molecule has 0 aromatic heterocycles. The molecule has 1 fully saturated rings. The van der Waals surface area contributed by atoms with E-state index in [1.165, 1.54) is 31.8 Å². The summed E-state index contributed by atoms with van der Waals surface area (Å²) in [5.41, 5.74) is 1.74. The van der Waals surface area contributed by atoms with Gasteiger partial charge in [0.1, 0.15) is 0 Å². The molecule has 1 radical (unpaired) electrons. The fourth-order valence-electron chi connectivity index (χ4n) is 1.88. The summed E-state index contributed by atoms with van der Waals surface area (Å²) in [7, 11) is 0. The van der Waals surface area contributed by atoms with E-state index < -0.39 is 0 Å². The minimum Gasteiger partial charge on any atom is -0.466 e. The molecule has 93 valence electrons. The van der Waals surface area contributed by atoms with Gasteiger partial charge in [-0.25, -0.2) is 0 Å². The molecule has 0 spiro atoms. The highest BCUT2D eigenvalue weighted by Crippen LogP contribution is 2.42. The molecule has 0 aromatic rings. The lowest BCUT2D eigenvalue weighted by Gasteiger charge is -2.37. The molecule has 1 atom stereocenters. The second kappa shape index (κ2) is 6.72. The molecular weight excluding hydrogens is 200 g/mol. The number of carbonyl (C=O) groups excluding carboxylic acids is 1. The number of hydrogen-bond donors (Lipinski definition) is 0. The minimum absolute atomic E-state index is 0.211. The molecule has 1 aliphatic carbocycles. The zero-order valence-corrected chi connectivity index (χ0v) is 11.1. The van der Waals surface area contributed by atoms with Gasteiger partial charge in [-0.3, -0.25) is 4.79 Å². The zero-order chi connectivity index (χ0) is 12.8. The molecule has 1 aliphatic rings. The van der Waals surface area contributed by atoms with Crippen molar-refractivity contribution < 1.29 is 9.53 Å². The van der Waals surface area contributed by atoms with Crippen molar-refractivity contribution in [2.75, 3.05) is 6.61 Å². The van der Waals surface area contributed by atoms with E-state index in [1.807, 2.05) is 0 Å². The average molecular weight is 225 g/mol. The predicted octanol–water partition coefficient (Wildman–Crippen LogP) is 3.77. The normalized spacial score (nSPS) is 23.1. The summed E-state index contributed by atoms with van der Waals surface area (Å²) in [5, 5.41) is 0. The van der Waals surface area contributed by atoms with Gasteiger partial charge in [0.25, 0.3) is 0 Å². The Morgan fingerprint density at radius 2 is 2.12 bits per heavy atom. The van der Waals surface area contributed by atoms with Gasteiger partial charge in [0.2, 0.25) is 0 Å². The van der Waals surface area contributed by atoms with Crippen LogP contribution < -0.4 is 0 Å².